The summed E-state index contributed by atoms with van der Waals surface area (Å²) in [7, 11) is 0. The standard InChI is InChI=1S/C74H94O14/c1-5-9-13-17-23-49-79-59-31-39-63(40-32-59)85-71(75)57-29-47-67(73(77)87-65-43-35-61(36-44-65)81-51-25-19-15-11-7-3)69(55-57)83-53-27-21-22-28-54-84-70-56-58(72(76)86-64-41-33-60(34-42-64)80-50-24-18-14-10-6-2)30-48-68(70)74(78)88-66-45-37-62(38-46-66)82-52-26-20-16-12-8-4/h29-48,55-56H,5-28,49-54H2,1-4H3. The summed E-state index contributed by atoms with van der Waals surface area (Å²) >= 11 is 0. The third kappa shape index (κ3) is 26.1. The minimum atomic E-state index is -0.660. The molecule has 0 heterocycles. The number of carbonyl (C=O) groups excluding carboxylic acids is 4. The molecule has 474 valence electrons. The molecule has 0 bridgehead atoms. The highest BCUT2D eigenvalue weighted by atomic mass is 16.6. The highest BCUT2D eigenvalue weighted by molar-refractivity contribution is 5.98. The third-order valence-electron chi connectivity index (χ3n) is 14.6. The molecular weight excluding hydrogens is 1110 g/mol. The molecule has 0 saturated carbocycles. The van der Waals surface area contributed by atoms with Crippen LogP contribution in [-0.4, -0.2) is 63.5 Å². The van der Waals surface area contributed by atoms with Crippen molar-refractivity contribution in [3.8, 4) is 57.5 Å². The van der Waals surface area contributed by atoms with Gasteiger partial charge in [0.25, 0.3) is 0 Å². The van der Waals surface area contributed by atoms with E-state index in [0.29, 0.717) is 98.1 Å². The molecule has 0 aromatic heterocycles. The molecule has 0 atom stereocenters. The molecule has 0 N–H and O–H groups in total. The zero-order valence-electron chi connectivity index (χ0n) is 52.6. The number of carbonyl (C=O) groups is 4. The van der Waals surface area contributed by atoms with Crippen LogP contribution >= 0.6 is 0 Å². The van der Waals surface area contributed by atoms with Crippen molar-refractivity contribution >= 4 is 23.9 Å². The van der Waals surface area contributed by atoms with Crippen LogP contribution in [-0.2, 0) is 0 Å². The Kier molecular flexibility index (Phi) is 32.4. The van der Waals surface area contributed by atoms with Crippen molar-refractivity contribution in [2.24, 2.45) is 0 Å². The van der Waals surface area contributed by atoms with E-state index >= 15 is 0 Å². The molecule has 88 heavy (non-hydrogen) atoms. The second kappa shape index (κ2) is 41.2. The van der Waals surface area contributed by atoms with E-state index in [-0.39, 0.29) is 47.0 Å². The van der Waals surface area contributed by atoms with E-state index in [4.69, 9.17) is 47.4 Å². The van der Waals surface area contributed by atoms with Gasteiger partial charge in [0, 0.05) is 0 Å². The Balaban J connectivity index is 1.06. The minimum absolute atomic E-state index is 0.134. The van der Waals surface area contributed by atoms with Crippen LogP contribution in [0.1, 0.15) is 223 Å². The largest absolute Gasteiger partial charge is 0.494 e. The second-order valence-corrected chi connectivity index (χ2v) is 22.0. The smallest absolute Gasteiger partial charge is 0.347 e. The SMILES string of the molecule is CCCCCCCOc1ccc(OC(=O)c2ccc(C(=O)Oc3ccc(OCCCCCCC)cc3)c(OCCCCCCOc3cc(C(=O)Oc4ccc(OCCCCCCC)cc4)ccc3C(=O)Oc3ccc(OCCCCCCC)cc3)c2)cc1. The van der Waals surface area contributed by atoms with Crippen molar-refractivity contribution in [2.45, 2.75) is 182 Å². The van der Waals surface area contributed by atoms with Gasteiger partial charge in [-0.1, -0.05) is 130 Å². The highest BCUT2D eigenvalue weighted by Crippen LogP contribution is 2.30. The molecule has 0 spiro atoms. The number of ether oxygens (including phenoxy) is 10. The summed E-state index contributed by atoms with van der Waals surface area (Å²) < 4.78 is 59.2. The van der Waals surface area contributed by atoms with Crippen LogP contribution < -0.4 is 47.4 Å². The molecule has 0 aliphatic rings. The van der Waals surface area contributed by atoms with Gasteiger partial charge in [-0.2, -0.15) is 0 Å². The number of rotatable bonds is 45. The number of hydrogen-bond donors (Lipinski definition) is 0. The van der Waals surface area contributed by atoms with Gasteiger partial charge in [-0.3, -0.25) is 0 Å². The van der Waals surface area contributed by atoms with Crippen LogP contribution in [0.4, 0.5) is 0 Å². The molecule has 0 fully saturated rings. The zero-order valence-corrected chi connectivity index (χ0v) is 52.6. The summed E-state index contributed by atoms with van der Waals surface area (Å²) in [5, 5.41) is 0. The molecule has 0 amide bonds. The fourth-order valence-corrected chi connectivity index (χ4v) is 9.45. The zero-order chi connectivity index (χ0) is 62.2. The van der Waals surface area contributed by atoms with E-state index in [1.165, 1.54) is 113 Å². The van der Waals surface area contributed by atoms with Crippen LogP contribution in [0.3, 0.4) is 0 Å². The third-order valence-corrected chi connectivity index (χ3v) is 14.6. The van der Waals surface area contributed by atoms with E-state index in [1.807, 2.05) is 0 Å². The molecule has 0 aliphatic heterocycles. The normalized spacial score (nSPS) is 10.9. The predicted octanol–water partition coefficient (Wildman–Crippen LogP) is 19.0. The quantitative estimate of drug-likeness (QED) is 0.0202. The average Bonchev–Trinajstić information content (AvgIpc) is 3.71. The maximum Gasteiger partial charge on any atom is 0.347 e. The average molecular weight is 1210 g/mol. The lowest BCUT2D eigenvalue weighted by molar-refractivity contribution is 0.0715. The van der Waals surface area contributed by atoms with Crippen molar-refractivity contribution in [1.82, 2.24) is 0 Å². The van der Waals surface area contributed by atoms with E-state index in [9.17, 15) is 19.2 Å². The highest BCUT2D eigenvalue weighted by Gasteiger charge is 2.22. The van der Waals surface area contributed by atoms with Crippen molar-refractivity contribution in [1.29, 1.82) is 0 Å². The van der Waals surface area contributed by atoms with Crippen molar-refractivity contribution in [3.63, 3.8) is 0 Å². The first kappa shape index (κ1) is 69.1. The Bertz CT molecular complexity index is 2740. The van der Waals surface area contributed by atoms with Gasteiger partial charge >= 0.3 is 23.9 Å². The van der Waals surface area contributed by atoms with Gasteiger partial charge in [0.15, 0.2) is 0 Å². The van der Waals surface area contributed by atoms with Crippen molar-refractivity contribution in [3.05, 3.63) is 156 Å². The van der Waals surface area contributed by atoms with Crippen LogP contribution in [0, 0.1) is 0 Å². The molecule has 6 rings (SSSR count). The molecule has 14 heteroatoms. The first-order valence-corrected chi connectivity index (χ1v) is 32.5. The van der Waals surface area contributed by atoms with Gasteiger partial charge < -0.3 is 47.4 Å². The van der Waals surface area contributed by atoms with Gasteiger partial charge in [-0.25, -0.2) is 19.2 Å². The maximum absolute atomic E-state index is 13.8. The van der Waals surface area contributed by atoms with E-state index in [2.05, 4.69) is 27.7 Å². The first-order chi connectivity index (χ1) is 43.2. The number of hydrogen-bond acceptors (Lipinski definition) is 14. The lowest BCUT2D eigenvalue weighted by atomic mass is 10.1. The van der Waals surface area contributed by atoms with Gasteiger partial charge in [0.05, 0.1) is 50.8 Å². The van der Waals surface area contributed by atoms with Gasteiger partial charge in [0.1, 0.15) is 68.6 Å². The molecule has 0 unspecified atom stereocenters. The number of unbranched alkanes of at least 4 members (excludes halogenated alkanes) is 19. The lowest BCUT2D eigenvalue weighted by Crippen LogP contribution is -2.14. The monoisotopic (exact) mass is 1210 g/mol. The van der Waals surface area contributed by atoms with Crippen LogP contribution in [0.15, 0.2) is 133 Å². The fraction of sp³-hybridized carbons (Fsp3) is 0.459. The Morgan fingerprint density at radius 2 is 0.455 bits per heavy atom. The van der Waals surface area contributed by atoms with Crippen LogP contribution in [0.5, 0.6) is 57.5 Å². The van der Waals surface area contributed by atoms with Gasteiger partial charge in [0.2, 0.25) is 0 Å². The molecule has 6 aromatic rings. The first-order valence-electron chi connectivity index (χ1n) is 32.5. The van der Waals surface area contributed by atoms with Crippen LogP contribution in [0.2, 0.25) is 0 Å². The summed E-state index contributed by atoms with van der Waals surface area (Å²) in [4.78, 5) is 54.7. The summed E-state index contributed by atoms with van der Waals surface area (Å²) in [6.45, 7) is 11.6. The topological polar surface area (TPSA) is 161 Å². The van der Waals surface area contributed by atoms with Crippen molar-refractivity contribution in [2.75, 3.05) is 39.6 Å². The van der Waals surface area contributed by atoms with Gasteiger partial charge in [-0.05, 0) is 185 Å². The molecule has 0 saturated heterocycles. The Hall–Kier alpha value is -8.00. The summed E-state index contributed by atoms with van der Waals surface area (Å²) in [5.41, 5.74) is 0.633. The van der Waals surface area contributed by atoms with E-state index in [1.54, 1.807) is 97.1 Å². The number of esters is 4. The van der Waals surface area contributed by atoms with Crippen molar-refractivity contribution < 1.29 is 66.5 Å². The Morgan fingerprint density at radius 1 is 0.239 bits per heavy atom. The Labute approximate surface area is 522 Å². The Morgan fingerprint density at radius 3 is 0.705 bits per heavy atom. The summed E-state index contributed by atoms with van der Waals surface area (Å²) in [6.07, 6.45) is 25.3. The second-order valence-electron chi connectivity index (χ2n) is 22.0. The number of benzene rings is 6. The fourth-order valence-electron chi connectivity index (χ4n) is 9.45. The summed E-state index contributed by atoms with van der Waals surface area (Å²) in [6, 6.07) is 36.7. The molecule has 0 radical (unpaired) electrons. The van der Waals surface area contributed by atoms with E-state index in [0.717, 1.165) is 51.4 Å². The molecule has 0 aliphatic carbocycles. The predicted molar refractivity (Wildman–Crippen MR) is 345 cm³/mol. The maximum atomic E-state index is 13.8. The van der Waals surface area contributed by atoms with Crippen LogP contribution in [0.25, 0.3) is 0 Å². The molecule has 6 aromatic carbocycles. The van der Waals surface area contributed by atoms with Gasteiger partial charge in [-0.15, -0.1) is 0 Å². The lowest BCUT2D eigenvalue weighted by Gasteiger charge is -2.14. The molecule has 14 nitrogen and oxygen atoms in total. The minimum Gasteiger partial charge on any atom is -0.494 e. The summed E-state index contributed by atoms with van der Waals surface area (Å²) in [5.74, 6) is 1.84. The molecular formula is C74H94O14. The van der Waals surface area contributed by atoms with E-state index < -0.39 is 23.9 Å².